The summed E-state index contributed by atoms with van der Waals surface area (Å²) in [6.45, 7) is 5.34. The first-order valence-electron chi connectivity index (χ1n) is 9.63. The molecule has 0 amide bonds. The fraction of sp³-hybridized carbons (Fsp3) is 0.273. The molecule has 1 fully saturated rings. The van der Waals surface area contributed by atoms with E-state index in [1.165, 1.54) is 11.8 Å². The summed E-state index contributed by atoms with van der Waals surface area (Å²) in [4.78, 5) is 13.6. The van der Waals surface area contributed by atoms with Crippen molar-refractivity contribution in [3.8, 4) is 5.75 Å². The lowest BCUT2D eigenvalue weighted by atomic mass is 10.2. The van der Waals surface area contributed by atoms with Crippen molar-refractivity contribution in [3.63, 3.8) is 0 Å². The third kappa shape index (κ3) is 4.39. The molecule has 1 aliphatic heterocycles. The molecule has 1 saturated heterocycles. The van der Waals surface area contributed by atoms with Crippen LogP contribution in [0, 0.1) is 12.7 Å². The highest BCUT2D eigenvalue weighted by molar-refractivity contribution is 5.60. The fourth-order valence-corrected chi connectivity index (χ4v) is 3.47. The smallest absolute Gasteiger partial charge is 0.146 e. The van der Waals surface area contributed by atoms with E-state index in [1.807, 2.05) is 25.1 Å². The molecule has 2 heterocycles. The molecular weight excluding hydrogens is 369 g/mol. The highest BCUT2D eigenvalue weighted by Crippen LogP contribution is 2.25. The van der Waals surface area contributed by atoms with Crippen LogP contribution in [0.15, 0.2) is 54.6 Å². The van der Waals surface area contributed by atoms with Crippen LogP contribution in [0.3, 0.4) is 0 Å². The first kappa shape index (κ1) is 19.0. The largest absolute Gasteiger partial charge is 0.497 e. The maximum absolute atomic E-state index is 14.0. The second-order valence-corrected chi connectivity index (χ2v) is 6.94. The fourth-order valence-electron chi connectivity index (χ4n) is 3.47. The van der Waals surface area contributed by atoms with Crippen LogP contribution in [0.1, 0.15) is 5.82 Å². The number of methoxy groups -OCH3 is 1. The maximum Gasteiger partial charge on any atom is 0.146 e. The van der Waals surface area contributed by atoms with Crippen molar-refractivity contribution in [2.45, 2.75) is 6.92 Å². The average Bonchev–Trinajstić information content (AvgIpc) is 2.75. The summed E-state index contributed by atoms with van der Waals surface area (Å²) in [5.74, 6) is 2.65. The summed E-state index contributed by atoms with van der Waals surface area (Å²) in [5.41, 5.74) is 1.59. The Bertz CT molecular complexity index is 971. The van der Waals surface area contributed by atoms with Crippen LogP contribution in [0.25, 0.3) is 0 Å². The number of nitrogens with one attached hydrogen (secondary N) is 1. The number of benzene rings is 2. The number of aryl methyl sites for hydroxylation is 1. The van der Waals surface area contributed by atoms with Gasteiger partial charge in [0, 0.05) is 37.9 Å². The molecule has 0 atom stereocenters. The second kappa shape index (κ2) is 8.34. The molecule has 29 heavy (non-hydrogen) atoms. The van der Waals surface area contributed by atoms with Crippen LogP contribution in [0.4, 0.5) is 27.4 Å². The quantitative estimate of drug-likeness (QED) is 0.707. The van der Waals surface area contributed by atoms with Gasteiger partial charge >= 0.3 is 0 Å². The van der Waals surface area contributed by atoms with Crippen molar-refractivity contribution in [3.05, 3.63) is 66.2 Å². The predicted molar refractivity (Wildman–Crippen MR) is 114 cm³/mol. The van der Waals surface area contributed by atoms with E-state index in [-0.39, 0.29) is 5.82 Å². The molecule has 3 aromatic rings. The average molecular weight is 393 g/mol. The van der Waals surface area contributed by atoms with Crippen LogP contribution >= 0.6 is 0 Å². The van der Waals surface area contributed by atoms with Crippen molar-refractivity contribution >= 4 is 23.0 Å². The molecule has 0 aliphatic carbocycles. The van der Waals surface area contributed by atoms with Crippen LogP contribution in [-0.2, 0) is 0 Å². The molecule has 0 bridgehead atoms. The lowest BCUT2D eigenvalue weighted by molar-refractivity contribution is 0.415. The predicted octanol–water partition coefficient (Wildman–Crippen LogP) is 4.00. The van der Waals surface area contributed by atoms with Crippen LogP contribution in [-0.4, -0.2) is 43.3 Å². The third-order valence-electron chi connectivity index (χ3n) is 5.00. The van der Waals surface area contributed by atoms with Gasteiger partial charge in [-0.1, -0.05) is 12.1 Å². The van der Waals surface area contributed by atoms with Crippen LogP contribution in [0.5, 0.6) is 5.75 Å². The number of ether oxygens (including phenoxy) is 1. The molecule has 7 heteroatoms. The van der Waals surface area contributed by atoms with Gasteiger partial charge in [-0.05, 0) is 43.3 Å². The van der Waals surface area contributed by atoms with Crippen molar-refractivity contribution in [2.24, 2.45) is 0 Å². The van der Waals surface area contributed by atoms with Crippen molar-refractivity contribution < 1.29 is 9.13 Å². The zero-order valence-electron chi connectivity index (χ0n) is 16.6. The zero-order valence-corrected chi connectivity index (χ0v) is 16.6. The number of hydrogen-bond acceptors (Lipinski definition) is 6. The molecular formula is C22H24FN5O. The van der Waals surface area contributed by atoms with Crippen LogP contribution < -0.4 is 19.9 Å². The number of aromatic nitrogens is 2. The van der Waals surface area contributed by atoms with Crippen molar-refractivity contribution in [1.82, 2.24) is 9.97 Å². The van der Waals surface area contributed by atoms with Gasteiger partial charge in [-0.15, -0.1) is 0 Å². The summed E-state index contributed by atoms with van der Waals surface area (Å²) >= 11 is 0. The van der Waals surface area contributed by atoms with Crippen molar-refractivity contribution in [2.75, 3.05) is 48.4 Å². The Morgan fingerprint density at radius 1 is 0.931 bits per heavy atom. The summed E-state index contributed by atoms with van der Waals surface area (Å²) in [5, 5.41) is 3.06. The lowest BCUT2D eigenvalue weighted by Crippen LogP contribution is -2.46. The third-order valence-corrected chi connectivity index (χ3v) is 5.00. The molecule has 150 valence electrons. The number of rotatable bonds is 5. The van der Waals surface area contributed by atoms with E-state index in [1.54, 1.807) is 25.3 Å². The Kier molecular flexibility index (Phi) is 5.46. The summed E-state index contributed by atoms with van der Waals surface area (Å²) < 4.78 is 19.2. The summed E-state index contributed by atoms with van der Waals surface area (Å²) in [6, 6.07) is 16.6. The van der Waals surface area contributed by atoms with Gasteiger partial charge in [0.1, 0.15) is 29.0 Å². The van der Waals surface area contributed by atoms with Gasteiger partial charge in [0.05, 0.1) is 12.8 Å². The topological polar surface area (TPSA) is 53.5 Å². The Balaban J connectivity index is 1.45. The molecule has 0 unspecified atom stereocenters. The maximum atomic E-state index is 14.0. The number of nitrogens with zero attached hydrogens (tertiary/aromatic N) is 4. The highest BCUT2D eigenvalue weighted by Gasteiger charge is 2.19. The normalized spacial score (nSPS) is 14.0. The van der Waals surface area contributed by atoms with E-state index in [0.29, 0.717) is 17.3 Å². The van der Waals surface area contributed by atoms with E-state index in [4.69, 9.17) is 4.74 Å². The SMILES string of the molecule is COc1ccc(N2CCN(c3cc(Nc4ccccc4F)nc(C)n3)CC2)cc1. The number of para-hydroxylation sites is 1. The minimum atomic E-state index is -0.307. The van der Waals surface area contributed by atoms with Gasteiger partial charge < -0.3 is 19.9 Å². The molecule has 0 spiro atoms. The Morgan fingerprint density at radius 2 is 1.62 bits per heavy atom. The van der Waals surface area contributed by atoms with Gasteiger partial charge in [-0.25, -0.2) is 14.4 Å². The standard InChI is InChI=1S/C22H24FN5O/c1-16-24-21(26-20-6-4-3-5-19(20)23)15-22(25-16)28-13-11-27(12-14-28)17-7-9-18(29-2)10-8-17/h3-10,15H,11-14H2,1-2H3,(H,24,25,26). The van der Waals surface area contributed by atoms with Gasteiger partial charge in [-0.3, -0.25) is 0 Å². The number of hydrogen-bond donors (Lipinski definition) is 1. The summed E-state index contributed by atoms with van der Waals surface area (Å²) in [7, 11) is 1.67. The number of halogens is 1. The van der Waals surface area contributed by atoms with Crippen LogP contribution in [0.2, 0.25) is 0 Å². The lowest BCUT2D eigenvalue weighted by Gasteiger charge is -2.37. The molecule has 1 N–H and O–H groups in total. The van der Waals surface area contributed by atoms with Gasteiger partial charge in [0.25, 0.3) is 0 Å². The molecule has 6 nitrogen and oxygen atoms in total. The number of piperazine rings is 1. The van der Waals surface area contributed by atoms with Gasteiger partial charge in [-0.2, -0.15) is 0 Å². The van der Waals surface area contributed by atoms with E-state index in [9.17, 15) is 4.39 Å². The van der Waals surface area contributed by atoms with Gasteiger partial charge in [0.15, 0.2) is 0 Å². The van der Waals surface area contributed by atoms with E-state index in [0.717, 1.165) is 37.7 Å². The van der Waals surface area contributed by atoms with Gasteiger partial charge in [0.2, 0.25) is 0 Å². The Morgan fingerprint density at radius 3 is 2.31 bits per heavy atom. The molecule has 1 aromatic heterocycles. The molecule has 2 aromatic carbocycles. The van der Waals surface area contributed by atoms with E-state index < -0.39 is 0 Å². The first-order chi connectivity index (χ1) is 14.1. The molecule has 1 aliphatic rings. The van der Waals surface area contributed by atoms with E-state index >= 15 is 0 Å². The highest BCUT2D eigenvalue weighted by atomic mass is 19.1. The molecule has 4 rings (SSSR count). The molecule has 0 radical (unpaired) electrons. The minimum absolute atomic E-state index is 0.307. The van der Waals surface area contributed by atoms with E-state index in [2.05, 4.69) is 37.2 Å². The zero-order chi connectivity index (χ0) is 20.2. The summed E-state index contributed by atoms with van der Waals surface area (Å²) in [6.07, 6.45) is 0. The minimum Gasteiger partial charge on any atom is -0.497 e. The first-order valence-corrected chi connectivity index (χ1v) is 9.63. The second-order valence-electron chi connectivity index (χ2n) is 6.94. The molecule has 0 saturated carbocycles. The Labute approximate surface area is 170 Å². The number of anilines is 4. The monoisotopic (exact) mass is 393 g/mol. The van der Waals surface area contributed by atoms with Crippen molar-refractivity contribution in [1.29, 1.82) is 0 Å². The Hall–Kier alpha value is -3.35.